The van der Waals surface area contributed by atoms with Gasteiger partial charge in [0.15, 0.2) is 0 Å². The van der Waals surface area contributed by atoms with Gasteiger partial charge >= 0.3 is 5.97 Å². The van der Waals surface area contributed by atoms with E-state index >= 15 is 0 Å². The number of hydrogen-bond donors (Lipinski definition) is 2. The van der Waals surface area contributed by atoms with Crippen LogP contribution in [0.5, 0.6) is 0 Å². The third-order valence-electron chi connectivity index (χ3n) is 5.87. The van der Waals surface area contributed by atoms with Crippen molar-refractivity contribution in [3.8, 4) is 0 Å². The maximum atomic E-state index is 12.9. The Morgan fingerprint density at radius 2 is 1.84 bits per heavy atom. The van der Waals surface area contributed by atoms with Gasteiger partial charge in [-0.1, -0.05) is 31.5 Å². The maximum absolute atomic E-state index is 12.9. The number of benzene rings is 2. The van der Waals surface area contributed by atoms with Gasteiger partial charge in [0.25, 0.3) is 5.91 Å². The Balaban J connectivity index is 1.67. The van der Waals surface area contributed by atoms with Crippen LogP contribution in [-0.4, -0.2) is 31.4 Å². The van der Waals surface area contributed by atoms with E-state index in [9.17, 15) is 9.59 Å². The number of unbranched alkanes of at least 4 members (excludes halogenated alkanes) is 1. The van der Waals surface area contributed by atoms with Crippen molar-refractivity contribution in [1.82, 2.24) is 0 Å². The molecule has 31 heavy (non-hydrogen) atoms. The van der Waals surface area contributed by atoms with Crippen LogP contribution in [0.3, 0.4) is 0 Å². The van der Waals surface area contributed by atoms with Crippen molar-refractivity contribution in [3.05, 3.63) is 64.7 Å². The van der Waals surface area contributed by atoms with Gasteiger partial charge in [-0.05, 0) is 67.0 Å². The number of nitrogens with two attached hydrogens (primary N) is 1. The molecule has 0 saturated carbocycles. The van der Waals surface area contributed by atoms with E-state index in [0.29, 0.717) is 24.2 Å². The number of esters is 1. The van der Waals surface area contributed by atoms with Crippen LogP contribution >= 0.6 is 0 Å². The number of anilines is 1. The molecule has 0 saturated heterocycles. The summed E-state index contributed by atoms with van der Waals surface area (Å²) in [5.74, 6) is 0.0177. The third kappa shape index (κ3) is 5.72. The van der Waals surface area contributed by atoms with Crippen molar-refractivity contribution in [3.63, 3.8) is 0 Å². The van der Waals surface area contributed by atoms with E-state index < -0.39 is 0 Å². The normalized spacial score (nSPS) is 15.1. The topological polar surface area (TPSA) is 96.5 Å². The number of ether oxygens (including phenoxy) is 1. The molecule has 3 rings (SSSR count). The molecule has 1 aliphatic rings. The molecule has 0 aliphatic heterocycles. The van der Waals surface area contributed by atoms with Crippen LogP contribution in [0.4, 0.5) is 5.69 Å². The molecular formula is C25H31N3O3. The van der Waals surface area contributed by atoms with E-state index in [1.165, 1.54) is 11.1 Å². The minimum absolute atomic E-state index is 0.0224. The van der Waals surface area contributed by atoms with Crippen molar-refractivity contribution in [2.24, 2.45) is 11.7 Å². The molecule has 2 aromatic carbocycles. The summed E-state index contributed by atoms with van der Waals surface area (Å²) >= 11 is 0. The van der Waals surface area contributed by atoms with Crippen LogP contribution in [0.1, 0.15) is 59.7 Å². The van der Waals surface area contributed by atoms with Gasteiger partial charge < -0.3 is 15.4 Å². The van der Waals surface area contributed by atoms with Gasteiger partial charge in [-0.25, -0.2) is 0 Å². The molecule has 0 spiro atoms. The van der Waals surface area contributed by atoms with Gasteiger partial charge in [-0.2, -0.15) is 0 Å². The summed E-state index contributed by atoms with van der Waals surface area (Å²) in [4.78, 5) is 26.6. The average Bonchev–Trinajstić information content (AvgIpc) is 2.77. The molecule has 6 nitrogen and oxygen atoms in total. The fourth-order valence-electron chi connectivity index (χ4n) is 3.93. The zero-order valence-corrected chi connectivity index (χ0v) is 18.3. The molecule has 1 aliphatic carbocycles. The molecular weight excluding hydrogens is 390 g/mol. The second-order valence-electron chi connectivity index (χ2n) is 8.20. The lowest BCUT2D eigenvalue weighted by Crippen LogP contribution is -2.27. The molecule has 1 amide bonds. The fraction of sp³-hybridized carbons (Fsp3) is 0.400. The van der Waals surface area contributed by atoms with E-state index in [0.717, 1.165) is 37.8 Å². The summed E-state index contributed by atoms with van der Waals surface area (Å²) in [5, 5.41) is 7.48. The van der Waals surface area contributed by atoms with Crippen LogP contribution in [0, 0.1) is 11.3 Å². The molecule has 0 bridgehead atoms. The van der Waals surface area contributed by atoms with Gasteiger partial charge in [0.05, 0.1) is 6.61 Å². The number of amidine groups is 1. The second-order valence-corrected chi connectivity index (χ2v) is 8.20. The molecule has 6 heteroatoms. The summed E-state index contributed by atoms with van der Waals surface area (Å²) in [7, 11) is 1.76. The molecule has 0 radical (unpaired) electrons. The number of amides is 1. The van der Waals surface area contributed by atoms with Gasteiger partial charge in [0, 0.05) is 30.3 Å². The summed E-state index contributed by atoms with van der Waals surface area (Å²) < 4.78 is 5.33. The first-order chi connectivity index (χ1) is 14.9. The minimum atomic E-state index is -0.123. The predicted molar refractivity (Wildman–Crippen MR) is 123 cm³/mol. The van der Waals surface area contributed by atoms with Gasteiger partial charge in [0.1, 0.15) is 5.84 Å². The van der Waals surface area contributed by atoms with Crippen molar-refractivity contribution in [1.29, 1.82) is 5.41 Å². The SMILES string of the molecule is CCCCOC(=O)CC1CCc2ccc(N(C)C(=O)c3ccc(C(=N)N)cc3)cc2C1. The largest absolute Gasteiger partial charge is 0.466 e. The lowest BCUT2D eigenvalue weighted by Gasteiger charge is -2.26. The van der Waals surface area contributed by atoms with Crippen molar-refractivity contribution >= 4 is 23.4 Å². The summed E-state index contributed by atoms with van der Waals surface area (Å²) in [6, 6.07) is 12.9. The average molecular weight is 422 g/mol. The Morgan fingerprint density at radius 1 is 1.13 bits per heavy atom. The van der Waals surface area contributed by atoms with E-state index in [1.807, 2.05) is 6.07 Å². The molecule has 164 valence electrons. The Kier molecular flexibility index (Phi) is 7.45. The van der Waals surface area contributed by atoms with Gasteiger partial charge in [-0.3, -0.25) is 15.0 Å². The van der Waals surface area contributed by atoms with Gasteiger partial charge in [0.2, 0.25) is 0 Å². The highest BCUT2D eigenvalue weighted by Crippen LogP contribution is 2.31. The Morgan fingerprint density at radius 3 is 2.52 bits per heavy atom. The van der Waals surface area contributed by atoms with Gasteiger partial charge in [-0.15, -0.1) is 0 Å². The Labute approximate surface area is 183 Å². The highest BCUT2D eigenvalue weighted by molar-refractivity contribution is 6.06. The number of carbonyl (C=O) groups excluding carboxylic acids is 2. The van der Waals surface area contributed by atoms with Crippen molar-refractivity contribution < 1.29 is 14.3 Å². The molecule has 1 unspecified atom stereocenters. The summed E-state index contributed by atoms with van der Waals surface area (Å²) in [6.45, 7) is 2.58. The van der Waals surface area contributed by atoms with Crippen molar-refractivity contribution in [2.45, 2.75) is 45.4 Å². The molecule has 0 aromatic heterocycles. The zero-order chi connectivity index (χ0) is 22.4. The monoisotopic (exact) mass is 421 g/mol. The first-order valence-corrected chi connectivity index (χ1v) is 10.9. The molecule has 1 atom stereocenters. The van der Waals surface area contributed by atoms with Crippen LogP contribution in [0.15, 0.2) is 42.5 Å². The second kappa shape index (κ2) is 10.2. The minimum Gasteiger partial charge on any atom is -0.466 e. The summed E-state index contributed by atoms with van der Waals surface area (Å²) in [6.07, 6.45) is 5.10. The Bertz CT molecular complexity index is 953. The molecule has 2 aromatic rings. The fourth-order valence-corrected chi connectivity index (χ4v) is 3.93. The number of fused-ring (bicyclic) bond motifs is 1. The number of nitrogen functional groups attached to an aromatic ring is 1. The standard InChI is InChI=1S/C25H31N3O3/c1-3-4-13-31-23(29)15-17-5-6-18-11-12-22(16-21(18)14-17)28(2)25(30)20-9-7-19(8-10-20)24(26)27/h7-12,16-17H,3-6,13-15H2,1-2H3,(H3,26,27). The van der Waals surface area contributed by atoms with Crippen LogP contribution in [0.25, 0.3) is 0 Å². The number of nitrogens with one attached hydrogen (secondary N) is 1. The number of aryl methyl sites for hydroxylation is 1. The number of hydrogen-bond acceptors (Lipinski definition) is 4. The van der Waals surface area contributed by atoms with E-state index in [-0.39, 0.29) is 23.6 Å². The lowest BCUT2D eigenvalue weighted by atomic mass is 9.82. The molecule has 3 N–H and O–H groups in total. The van der Waals surface area contributed by atoms with Crippen LogP contribution in [-0.2, 0) is 22.4 Å². The predicted octanol–water partition coefficient (Wildman–Crippen LogP) is 4.09. The molecule has 0 heterocycles. The quantitative estimate of drug-likeness (QED) is 0.290. The van der Waals surface area contributed by atoms with Crippen LogP contribution < -0.4 is 10.6 Å². The maximum Gasteiger partial charge on any atom is 0.306 e. The van der Waals surface area contributed by atoms with E-state index in [2.05, 4.69) is 19.1 Å². The Hall–Kier alpha value is -3.15. The zero-order valence-electron chi connectivity index (χ0n) is 18.3. The van der Waals surface area contributed by atoms with Crippen LogP contribution in [0.2, 0.25) is 0 Å². The van der Waals surface area contributed by atoms with E-state index in [4.69, 9.17) is 15.9 Å². The highest BCUT2D eigenvalue weighted by Gasteiger charge is 2.23. The summed E-state index contributed by atoms with van der Waals surface area (Å²) in [5.41, 5.74) is 9.92. The molecule has 0 fully saturated rings. The highest BCUT2D eigenvalue weighted by atomic mass is 16.5. The smallest absolute Gasteiger partial charge is 0.306 e. The first kappa shape index (κ1) is 22.5. The number of nitrogens with zero attached hydrogens (tertiary/aromatic N) is 1. The van der Waals surface area contributed by atoms with Crippen molar-refractivity contribution in [2.75, 3.05) is 18.6 Å². The third-order valence-corrected chi connectivity index (χ3v) is 5.87. The first-order valence-electron chi connectivity index (χ1n) is 10.9. The number of carbonyl (C=O) groups is 2. The lowest BCUT2D eigenvalue weighted by molar-refractivity contribution is -0.145. The van der Waals surface area contributed by atoms with E-state index in [1.54, 1.807) is 36.2 Å². The number of rotatable bonds is 8.